The van der Waals surface area contributed by atoms with Gasteiger partial charge in [-0.25, -0.2) is 4.39 Å². The molecule has 0 bridgehead atoms. The second-order valence-corrected chi connectivity index (χ2v) is 5.74. The Bertz CT molecular complexity index is 672. The molecule has 5 heteroatoms. The largest absolute Gasteiger partial charge is 0.314 e. The first-order valence-electron chi connectivity index (χ1n) is 7.02. The molecule has 1 heterocycles. The van der Waals surface area contributed by atoms with E-state index in [1.807, 2.05) is 24.5 Å². The van der Waals surface area contributed by atoms with Crippen molar-refractivity contribution in [2.45, 2.75) is 46.1 Å². The first-order valence-corrected chi connectivity index (χ1v) is 7.84. The number of aromatic nitrogens is 1. The van der Waals surface area contributed by atoms with Crippen molar-refractivity contribution in [2.24, 2.45) is 4.99 Å². The zero-order valence-electron chi connectivity index (χ0n) is 11.9. The minimum atomic E-state index is -0.255. The van der Waals surface area contributed by atoms with Crippen LogP contribution in [0.1, 0.15) is 39.5 Å². The van der Waals surface area contributed by atoms with Gasteiger partial charge in [-0.2, -0.15) is 4.99 Å². The predicted molar refractivity (Wildman–Crippen MR) is 80.2 cm³/mol. The topological polar surface area (TPSA) is 34.4 Å². The third kappa shape index (κ3) is 3.15. The highest BCUT2D eigenvalue weighted by Gasteiger charge is 2.10. The lowest BCUT2D eigenvalue weighted by molar-refractivity contribution is -0.118. The summed E-state index contributed by atoms with van der Waals surface area (Å²) in [6.45, 7) is 4.74. The van der Waals surface area contributed by atoms with Gasteiger partial charge >= 0.3 is 0 Å². The standard InChI is InChI=1S/C15H19FN2OS/c1-3-5-9-13(19)17-15-18(10-4-2)14-11(16)7-6-8-12(14)20-15/h6-8H,3-5,9-10H2,1-2H3. The number of hydrogen-bond acceptors (Lipinski definition) is 2. The molecule has 0 fully saturated rings. The molecule has 0 N–H and O–H groups in total. The highest BCUT2D eigenvalue weighted by molar-refractivity contribution is 7.16. The summed E-state index contributed by atoms with van der Waals surface area (Å²) >= 11 is 1.38. The third-order valence-corrected chi connectivity index (χ3v) is 4.11. The van der Waals surface area contributed by atoms with Gasteiger partial charge in [-0.3, -0.25) is 4.79 Å². The van der Waals surface area contributed by atoms with E-state index < -0.39 is 0 Å². The number of aryl methyl sites for hydroxylation is 1. The van der Waals surface area contributed by atoms with Crippen molar-refractivity contribution in [3.8, 4) is 0 Å². The van der Waals surface area contributed by atoms with Gasteiger partial charge in [0.05, 0.1) is 10.2 Å². The Morgan fingerprint density at radius 2 is 2.15 bits per heavy atom. The summed E-state index contributed by atoms with van der Waals surface area (Å²) in [5.41, 5.74) is 0.557. The number of thiazole rings is 1. The number of halogens is 1. The van der Waals surface area contributed by atoms with Crippen LogP contribution >= 0.6 is 11.3 Å². The maximum Gasteiger partial charge on any atom is 0.248 e. The highest BCUT2D eigenvalue weighted by Crippen LogP contribution is 2.20. The van der Waals surface area contributed by atoms with Gasteiger partial charge < -0.3 is 4.57 Å². The summed E-state index contributed by atoms with van der Waals surface area (Å²) in [6, 6.07) is 5.00. The molecule has 0 aliphatic carbocycles. The average Bonchev–Trinajstić information content (AvgIpc) is 2.76. The molecule has 3 nitrogen and oxygen atoms in total. The molecule has 2 rings (SSSR count). The molecular weight excluding hydrogens is 275 g/mol. The number of hydrogen-bond donors (Lipinski definition) is 0. The zero-order valence-corrected chi connectivity index (χ0v) is 12.7. The Hall–Kier alpha value is -1.49. The molecule has 0 aliphatic heterocycles. The molecule has 20 heavy (non-hydrogen) atoms. The van der Waals surface area contributed by atoms with E-state index in [9.17, 15) is 9.18 Å². The van der Waals surface area contributed by atoms with E-state index in [1.54, 1.807) is 6.07 Å². The molecule has 1 amide bonds. The number of carbonyl (C=O) groups is 1. The van der Waals surface area contributed by atoms with E-state index in [0.717, 1.165) is 24.0 Å². The van der Waals surface area contributed by atoms with E-state index in [4.69, 9.17) is 0 Å². The van der Waals surface area contributed by atoms with Crippen LogP contribution in [0.15, 0.2) is 23.2 Å². The number of para-hydroxylation sites is 1. The van der Waals surface area contributed by atoms with Crippen molar-refractivity contribution in [3.05, 3.63) is 28.8 Å². The average molecular weight is 294 g/mol. The van der Waals surface area contributed by atoms with Crippen LogP contribution in [0.25, 0.3) is 10.2 Å². The van der Waals surface area contributed by atoms with Gasteiger partial charge in [0, 0.05) is 13.0 Å². The van der Waals surface area contributed by atoms with Gasteiger partial charge in [-0.05, 0) is 25.0 Å². The number of nitrogens with zero attached hydrogens (tertiary/aromatic N) is 2. The lowest BCUT2D eigenvalue weighted by atomic mass is 10.2. The first kappa shape index (κ1) is 14.9. The van der Waals surface area contributed by atoms with Crippen LogP contribution in [-0.2, 0) is 11.3 Å². The van der Waals surface area contributed by atoms with E-state index >= 15 is 0 Å². The van der Waals surface area contributed by atoms with Crippen molar-refractivity contribution < 1.29 is 9.18 Å². The zero-order chi connectivity index (χ0) is 14.5. The lowest BCUT2D eigenvalue weighted by Gasteiger charge is -2.03. The first-order chi connectivity index (χ1) is 9.67. The summed E-state index contributed by atoms with van der Waals surface area (Å²) in [6.07, 6.45) is 3.14. The number of rotatable bonds is 5. The van der Waals surface area contributed by atoms with E-state index in [1.165, 1.54) is 17.4 Å². The smallest absolute Gasteiger partial charge is 0.248 e. The monoisotopic (exact) mass is 294 g/mol. The predicted octanol–water partition coefficient (Wildman–Crippen LogP) is 3.87. The van der Waals surface area contributed by atoms with Crippen LogP contribution in [0.5, 0.6) is 0 Å². The maximum atomic E-state index is 14.0. The third-order valence-electron chi connectivity index (χ3n) is 3.06. The summed E-state index contributed by atoms with van der Waals surface area (Å²) in [4.78, 5) is 16.6. The lowest BCUT2D eigenvalue weighted by Crippen LogP contribution is -2.17. The number of amides is 1. The molecule has 0 unspecified atom stereocenters. The Morgan fingerprint density at radius 3 is 2.85 bits per heavy atom. The molecule has 0 aliphatic rings. The summed E-state index contributed by atoms with van der Waals surface area (Å²) in [5.74, 6) is -0.377. The fraction of sp³-hybridized carbons (Fsp3) is 0.467. The van der Waals surface area contributed by atoms with Crippen LogP contribution < -0.4 is 4.80 Å². The van der Waals surface area contributed by atoms with Crippen molar-refractivity contribution in [1.82, 2.24) is 4.57 Å². The van der Waals surface area contributed by atoms with Crippen molar-refractivity contribution in [3.63, 3.8) is 0 Å². The fourth-order valence-corrected chi connectivity index (χ4v) is 3.18. The summed E-state index contributed by atoms with van der Waals surface area (Å²) < 4.78 is 16.6. The molecular formula is C15H19FN2OS. The van der Waals surface area contributed by atoms with Gasteiger partial charge in [0.25, 0.3) is 0 Å². The number of carbonyl (C=O) groups excluding carboxylic acids is 1. The number of fused-ring (bicyclic) bond motifs is 1. The highest BCUT2D eigenvalue weighted by atomic mass is 32.1. The van der Waals surface area contributed by atoms with Gasteiger partial charge in [-0.1, -0.05) is 37.7 Å². The van der Waals surface area contributed by atoms with Crippen LogP contribution in [0.4, 0.5) is 4.39 Å². The van der Waals surface area contributed by atoms with Crippen molar-refractivity contribution in [2.75, 3.05) is 0 Å². The molecule has 0 spiro atoms. The molecule has 0 radical (unpaired) electrons. The van der Waals surface area contributed by atoms with Crippen molar-refractivity contribution >= 4 is 27.5 Å². The van der Waals surface area contributed by atoms with E-state index in [-0.39, 0.29) is 11.7 Å². The van der Waals surface area contributed by atoms with Crippen LogP contribution in [0.2, 0.25) is 0 Å². The SMILES string of the molecule is CCCCC(=O)N=c1sc2cccc(F)c2n1CCC. The normalized spacial score (nSPS) is 12.2. The van der Waals surface area contributed by atoms with Gasteiger partial charge in [0.1, 0.15) is 5.82 Å². The minimum Gasteiger partial charge on any atom is -0.314 e. The van der Waals surface area contributed by atoms with E-state index in [2.05, 4.69) is 4.99 Å². The molecule has 2 aromatic rings. The quantitative estimate of drug-likeness (QED) is 0.824. The molecule has 0 atom stereocenters. The van der Waals surface area contributed by atoms with Gasteiger partial charge in [0.2, 0.25) is 5.91 Å². The molecule has 0 saturated carbocycles. The Morgan fingerprint density at radius 1 is 1.35 bits per heavy atom. The molecule has 108 valence electrons. The molecule has 0 saturated heterocycles. The second kappa shape index (κ2) is 6.79. The van der Waals surface area contributed by atoms with Gasteiger partial charge in [-0.15, -0.1) is 0 Å². The molecule has 1 aromatic carbocycles. The van der Waals surface area contributed by atoms with Gasteiger partial charge in [0.15, 0.2) is 4.80 Å². The Balaban J connectivity index is 2.52. The number of benzene rings is 1. The molecule has 1 aromatic heterocycles. The van der Waals surface area contributed by atoms with E-state index in [0.29, 0.717) is 23.3 Å². The van der Waals surface area contributed by atoms with Crippen molar-refractivity contribution in [1.29, 1.82) is 0 Å². The second-order valence-electron chi connectivity index (χ2n) is 4.73. The Labute approximate surface area is 121 Å². The van der Waals surface area contributed by atoms with Crippen LogP contribution in [-0.4, -0.2) is 10.5 Å². The maximum absolute atomic E-state index is 14.0. The summed E-state index contributed by atoms with van der Waals surface area (Å²) in [5, 5.41) is 0. The minimum absolute atomic E-state index is 0.122. The van der Waals surface area contributed by atoms with Crippen LogP contribution in [0.3, 0.4) is 0 Å². The van der Waals surface area contributed by atoms with Crippen LogP contribution in [0, 0.1) is 5.82 Å². The Kier molecular flexibility index (Phi) is 5.06. The summed E-state index contributed by atoms with van der Waals surface area (Å²) in [7, 11) is 0. The number of unbranched alkanes of at least 4 members (excludes halogenated alkanes) is 1. The fourth-order valence-electron chi connectivity index (χ4n) is 2.09.